The summed E-state index contributed by atoms with van der Waals surface area (Å²) in [7, 11) is 2.83. The number of halogens is 1. The summed E-state index contributed by atoms with van der Waals surface area (Å²) in [5.41, 5.74) is 2.19. The van der Waals surface area contributed by atoms with E-state index in [1.807, 2.05) is 0 Å². The molecule has 7 nitrogen and oxygen atoms in total. The zero-order chi connectivity index (χ0) is 25.7. The van der Waals surface area contributed by atoms with Gasteiger partial charge in [-0.25, -0.2) is 4.39 Å². The summed E-state index contributed by atoms with van der Waals surface area (Å²) in [5.74, 6) is -0.00852. The fourth-order valence-electron chi connectivity index (χ4n) is 3.60. The zero-order valence-electron chi connectivity index (χ0n) is 19.6. The molecule has 1 aliphatic rings. The first-order chi connectivity index (χ1) is 17.4. The molecule has 0 spiro atoms. The van der Waals surface area contributed by atoms with Gasteiger partial charge in [0.25, 0.3) is 5.91 Å². The Hall–Kier alpha value is -4.24. The second-order valence-corrected chi connectivity index (χ2v) is 8.17. The SMILES string of the molecule is COC(=O)CN1C(=S)N(c2ccc(OC)cc2)C(=O)/C1=C/c1ccc(OCc2cccc(F)c2)cc1. The van der Waals surface area contributed by atoms with Crippen molar-refractivity contribution >= 4 is 41.0 Å². The highest BCUT2D eigenvalue weighted by molar-refractivity contribution is 7.80. The molecule has 1 heterocycles. The van der Waals surface area contributed by atoms with Crippen LogP contribution in [-0.4, -0.2) is 42.7 Å². The molecule has 4 rings (SSSR count). The van der Waals surface area contributed by atoms with E-state index in [9.17, 15) is 14.0 Å². The monoisotopic (exact) mass is 506 g/mol. The second-order valence-electron chi connectivity index (χ2n) is 7.80. The number of benzene rings is 3. The maximum atomic E-state index is 13.4. The van der Waals surface area contributed by atoms with Crippen molar-refractivity contribution in [1.29, 1.82) is 0 Å². The smallest absolute Gasteiger partial charge is 0.325 e. The Bertz CT molecular complexity index is 1310. The van der Waals surface area contributed by atoms with E-state index in [-0.39, 0.29) is 35.7 Å². The third-order valence-corrected chi connectivity index (χ3v) is 5.86. The number of hydrogen-bond acceptors (Lipinski definition) is 6. The molecule has 3 aromatic carbocycles. The van der Waals surface area contributed by atoms with Crippen LogP contribution in [-0.2, 0) is 20.9 Å². The largest absolute Gasteiger partial charge is 0.497 e. The van der Waals surface area contributed by atoms with E-state index in [2.05, 4.69) is 0 Å². The lowest BCUT2D eigenvalue weighted by Gasteiger charge is -2.19. The molecule has 0 aliphatic carbocycles. The minimum atomic E-state index is -0.534. The zero-order valence-corrected chi connectivity index (χ0v) is 20.5. The summed E-state index contributed by atoms with van der Waals surface area (Å²) in [6.45, 7) is 0.00305. The standard InChI is InChI=1S/C27H23FN2O5S/c1-33-22-12-8-21(9-13-22)30-26(32)24(29(27(30)36)16-25(31)34-2)15-18-6-10-23(11-7-18)35-17-19-4-3-5-20(28)14-19/h3-15H,16-17H2,1-2H3/b24-15-. The molecule has 3 aromatic rings. The number of carbonyl (C=O) groups excluding carboxylic acids is 2. The molecule has 0 unspecified atom stereocenters. The van der Waals surface area contributed by atoms with Crippen LogP contribution < -0.4 is 14.4 Å². The first kappa shape index (κ1) is 24.9. The van der Waals surface area contributed by atoms with Crippen molar-refractivity contribution in [2.24, 2.45) is 0 Å². The predicted molar refractivity (Wildman–Crippen MR) is 137 cm³/mol. The molecular weight excluding hydrogens is 483 g/mol. The minimum absolute atomic E-state index is 0.164. The van der Waals surface area contributed by atoms with E-state index in [1.54, 1.807) is 73.8 Å². The minimum Gasteiger partial charge on any atom is -0.497 e. The van der Waals surface area contributed by atoms with Crippen molar-refractivity contribution in [2.75, 3.05) is 25.7 Å². The number of carbonyl (C=O) groups is 2. The Balaban J connectivity index is 1.57. The van der Waals surface area contributed by atoms with E-state index in [0.717, 1.165) is 0 Å². The highest BCUT2D eigenvalue weighted by atomic mass is 32.1. The van der Waals surface area contributed by atoms with Gasteiger partial charge in [0, 0.05) is 0 Å². The number of nitrogens with zero attached hydrogens (tertiary/aromatic N) is 2. The van der Waals surface area contributed by atoms with Crippen LogP contribution >= 0.6 is 12.2 Å². The Morgan fingerprint density at radius 3 is 2.33 bits per heavy atom. The van der Waals surface area contributed by atoms with Gasteiger partial charge in [-0.3, -0.25) is 14.5 Å². The Labute approximate surface area is 213 Å². The van der Waals surface area contributed by atoms with Gasteiger partial charge in [0.2, 0.25) is 0 Å². The third kappa shape index (κ3) is 5.52. The molecule has 0 radical (unpaired) electrons. The quantitative estimate of drug-likeness (QED) is 0.252. The van der Waals surface area contributed by atoms with Gasteiger partial charge in [0.1, 0.15) is 36.2 Å². The number of ether oxygens (including phenoxy) is 3. The van der Waals surface area contributed by atoms with Crippen molar-refractivity contribution in [1.82, 2.24) is 4.90 Å². The first-order valence-electron chi connectivity index (χ1n) is 11.0. The van der Waals surface area contributed by atoms with Gasteiger partial charge in [0.15, 0.2) is 5.11 Å². The fourth-order valence-corrected chi connectivity index (χ4v) is 3.95. The summed E-state index contributed by atoms with van der Waals surface area (Å²) in [4.78, 5) is 28.3. The molecule has 184 valence electrons. The molecule has 0 N–H and O–H groups in total. The van der Waals surface area contributed by atoms with Crippen molar-refractivity contribution in [3.63, 3.8) is 0 Å². The number of anilines is 1. The second kappa shape index (κ2) is 11.0. The van der Waals surface area contributed by atoms with Gasteiger partial charge in [-0.1, -0.05) is 24.3 Å². The van der Waals surface area contributed by atoms with Crippen LogP contribution in [0.4, 0.5) is 10.1 Å². The van der Waals surface area contributed by atoms with Crippen LogP contribution in [0.25, 0.3) is 6.08 Å². The highest BCUT2D eigenvalue weighted by Gasteiger charge is 2.40. The van der Waals surface area contributed by atoms with Crippen molar-refractivity contribution < 1.29 is 28.2 Å². The van der Waals surface area contributed by atoms with E-state index >= 15 is 0 Å². The molecule has 0 saturated carbocycles. The highest BCUT2D eigenvalue weighted by Crippen LogP contribution is 2.30. The molecule has 0 atom stereocenters. The normalized spacial score (nSPS) is 14.4. The average molecular weight is 507 g/mol. The number of methoxy groups -OCH3 is 2. The fraction of sp³-hybridized carbons (Fsp3) is 0.148. The molecule has 0 aromatic heterocycles. The van der Waals surface area contributed by atoms with Crippen molar-refractivity contribution in [2.45, 2.75) is 6.61 Å². The molecule has 1 aliphatic heterocycles. The topological polar surface area (TPSA) is 68.3 Å². The average Bonchev–Trinajstić information content (AvgIpc) is 3.12. The van der Waals surface area contributed by atoms with Crippen LogP contribution in [0, 0.1) is 5.82 Å². The van der Waals surface area contributed by atoms with Gasteiger partial charge in [-0.2, -0.15) is 0 Å². The molecule has 36 heavy (non-hydrogen) atoms. The lowest BCUT2D eigenvalue weighted by molar-refractivity contribution is -0.140. The molecule has 1 saturated heterocycles. The third-order valence-electron chi connectivity index (χ3n) is 5.46. The lowest BCUT2D eigenvalue weighted by atomic mass is 10.1. The van der Waals surface area contributed by atoms with E-state index in [1.165, 1.54) is 29.0 Å². The first-order valence-corrected chi connectivity index (χ1v) is 11.4. The molecule has 1 amide bonds. The van der Waals surface area contributed by atoms with Crippen LogP contribution in [0.2, 0.25) is 0 Å². The van der Waals surface area contributed by atoms with E-state index in [4.69, 9.17) is 26.4 Å². The summed E-state index contributed by atoms with van der Waals surface area (Å²) in [6.07, 6.45) is 1.65. The Morgan fingerprint density at radius 1 is 1.00 bits per heavy atom. The summed E-state index contributed by atoms with van der Waals surface area (Å²) in [6, 6.07) is 20.1. The Kier molecular flexibility index (Phi) is 7.60. The van der Waals surface area contributed by atoms with E-state index in [0.29, 0.717) is 28.3 Å². The van der Waals surface area contributed by atoms with Gasteiger partial charge >= 0.3 is 5.97 Å². The van der Waals surface area contributed by atoms with E-state index < -0.39 is 5.97 Å². The van der Waals surface area contributed by atoms with Crippen LogP contribution in [0.1, 0.15) is 11.1 Å². The van der Waals surface area contributed by atoms with Crippen LogP contribution in [0.5, 0.6) is 11.5 Å². The van der Waals surface area contributed by atoms with Crippen LogP contribution in [0.3, 0.4) is 0 Å². The maximum Gasteiger partial charge on any atom is 0.325 e. The van der Waals surface area contributed by atoms with Gasteiger partial charge in [0.05, 0.1) is 19.9 Å². The van der Waals surface area contributed by atoms with Crippen LogP contribution in [0.15, 0.2) is 78.5 Å². The van der Waals surface area contributed by atoms with Gasteiger partial charge in [-0.15, -0.1) is 0 Å². The number of esters is 1. The number of amides is 1. The molecule has 0 bridgehead atoms. The molecular formula is C27H23FN2O5S. The van der Waals surface area contributed by atoms with Crippen molar-refractivity contribution in [3.8, 4) is 11.5 Å². The molecule has 1 fully saturated rings. The maximum absolute atomic E-state index is 13.4. The summed E-state index contributed by atoms with van der Waals surface area (Å²) in [5, 5.41) is 0.164. The number of hydrogen-bond donors (Lipinski definition) is 0. The number of thiocarbonyl (C=S) groups is 1. The number of rotatable bonds is 8. The summed E-state index contributed by atoms with van der Waals surface area (Å²) < 4.78 is 29.1. The molecule has 9 heteroatoms. The van der Waals surface area contributed by atoms with Gasteiger partial charge < -0.3 is 19.1 Å². The predicted octanol–water partition coefficient (Wildman–Crippen LogP) is 4.56. The summed E-state index contributed by atoms with van der Waals surface area (Å²) >= 11 is 5.56. The Morgan fingerprint density at radius 2 is 1.69 bits per heavy atom. The van der Waals surface area contributed by atoms with Gasteiger partial charge in [-0.05, 0) is 78.0 Å². The van der Waals surface area contributed by atoms with Crippen molar-refractivity contribution in [3.05, 3.63) is 95.4 Å². The lowest BCUT2D eigenvalue weighted by Crippen LogP contribution is -2.35.